The predicted octanol–water partition coefficient (Wildman–Crippen LogP) is 4.42. The smallest absolute Gasteiger partial charge is 0.225 e. The number of carbonyl (C=O) groups is 1. The second-order valence-electron chi connectivity index (χ2n) is 6.56. The molecule has 0 aliphatic carbocycles. The second kappa shape index (κ2) is 7.02. The molecule has 2 saturated heterocycles. The fourth-order valence-electron chi connectivity index (χ4n) is 3.54. The van der Waals surface area contributed by atoms with E-state index in [0.29, 0.717) is 40.8 Å². The van der Waals surface area contributed by atoms with Crippen molar-refractivity contribution >= 4 is 23.3 Å². The molecule has 1 N–H and O–H groups in total. The molecule has 1 aromatic carbocycles. The Kier molecular flexibility index (Phi) is 4.59. The molecule has 4 rings (SSSR count). The van der Waals surface area contributed by atoms with Gasteiger partial charge in [0.1, 0.15) is 17.3 Å². The molecule has 6 heteroatoms. The van der Waals surface area contributed by atoms with E-state index in [9.17, 15) is 4.79 Å². The average molecular weight is 359 g/mol. The molecule has 2 aromatic rings. The highest BCUT2D eigenvalue weighted by atomic mass is 35.5. The van der Waals surface area contributed by atoms with Crippen molar-refractivity contribution in [2.24, 2.45) is 5.92 Å². The molecular weight excluding hydrogens is 340 g/mol. The van der Waals surface area contributed by atoms with Gasteiger partial charge in [0.05, 0.1) is 18.4 Å². The molecule has 3 heterocycles. The van der Waals surface area contributed by atoms with Crippen molar-refractivity contribution in [1.82, 2.24) is 4.98 Å². The molecular formula is C19H19ClN2O3. The van der Waals surface area contributed by atoms with Crippen LogP contribution in [0.25, 0.3) is 0 Å². The molecule has 0 saturated carbocycles. The van der Waals surface area contributed by atoms with Crippen LogP contribution in [-0.4, -0.2) is 23.1 Å². The van der Waals surface area contributed by atoms with Crippen LogP contribution in [0.15, 0.2) is 42.6 Å². The summed E-state index contributed by atoms with van der Waals surface area (Å²) in [6.07, 6.45) is 5.93. The number of halogens is 1. The third-order valence-electron chi connectivity index (χ3n) is 4.73. The van der Waals surface area contributed by atoms with Gasteiger partial charge in [-0.15, -0.1) is 0 Å². The van der Waals surface area contributed by atoms with Gasteiger partial charge in [-0.1, -0.05) is 11.6 Å². The SMILES string of the molecule is O=C(CC1CC2CCC1O2)Nc1ccc(Oc2ccc(Cl)cc2)cn1. The van der Waals surface area contributed by atoms with Gasteiger partial charge < -0.3 is 14.8 Å². The molecule has 25 heavy (non-hydrogen) atoms. The van der Waals surface area contributed by atoms with E-state index in [0.717, 1.165) is 19.3 Å². The van der Waals surface area contributed by atoms with E-state index in [1.165, 1.54) is 0 Å². The third kappa shape index (κ3) is 3.94. The predicted molar refractivity (Wildman–Crippen MR) is 95.0 cm³/mol. The zero-order valence-electron chi connectivity index (χ0n) is 13.7. The first-order valence-corrected chi connectivity index (χ1v) is 8.88. The van der Waals surface area contributed by atoms with Crippen molar-refractivity contribution in [1.29, 1.82) is 0 Å². The van der Waals surface area contributed by atoms with E-state index in [2.05, 4.69) is 10.3 Å². The molecule has 2 aliphatic heterocycles. The summed E-state index contributed by atoms with van der Waals surface area (Å²) in [5.41, 5.74) is 0. The number of rotatable bonds is 5. The molecule has 0 radical (unpaired) electrons. The molecule has 1 aromatic heterocycles. The van der Waals surface area contributed by atoms with Crippen molar-refractivity contribution in [3.63, 3.8) is 0 Å². The largest absolute Gasteiger partial charge is 0.456 e. The van der Waals surface area contributed by atoms with Gasteiger partial charge in [-0.05, 0) is 61.6 Å². The number of nitrogens with one attached hydrogen (secondary N) is 1. The van der Waals surface area contributed by atoms with Crippen molar-refractivity contribution in [2.45, 2.75) is 37.9 Å². The van der Waals surface area contributed by atoms with Gasteiger partial charge in [0.15, 0.2) is 0 Å². The van der Waals surface area contributed by atoms with Crippen molar-refractivity contribution in [2.75, 3.05) is 5.32 Å². The van der Waals surface area contributed by atoms with Crippen LogP contribution >= 0.6 is 11.6 Å². The first kappa shape index (κ1) is 16.4. The van der Waals surface area contributed by atoms with E-state index >= 15 is 0 Å². The van der Waals surface area contributed by atoms with Gasteiger partial charge in [-0.25, -0.2) is 4.98 Å². The number of hydrogen-bond donors (Lipinski definition) is 1. The lowest BCUT2D eigenvalue weighted by molar-refractivity contribution is -0.117. The van der Waals surface area contributed by atoms with Gasteiger partial charge in [-0.2, -0.15) is 0 Å². The standard InChI is InChI=1S/C19H19ClN2O3/c20-13-1-3-14(4-2-13)24-16-6-8-18(21-11-16)22-19(23)10-12-9-15-5-7-17(12)25-15/h1-4,6,8,11-12,15,17H,5,7,9-10H2,(H,21,22,23). The van der Waals surface area contributed by atoms with Crippen molar-refractivity contribution < 1.29 is 14.3 Å². The maximum atomic E-state index is 12.2. The number of ether oxygens (including phenoxy) is 2. The quantitative estimate of drug-likeness (QED) is 0.859. The maximum Gasteiger partial charge on any atom is 0.225 e. The highest BCUT2D eigenvalue weighted by Gasteiger charge is 2.41. The molecule has 3 unspecified atom stereocenters. The summed E-state index contributed by atoms with van der Waals surface area (Å²) in [5.74, 6) is 2.13. The minimum Gasteiger partial charge on any atom is -0.456 e. The van der Waals surface area contributed by atoms with Crippen molar-refractivity contribution in [3.8, 4) is 11.5 Å². The molecule has 2 bridgehead atoms. The Morgan fingerprint density at radius 1 is 1.20 bits per heavy atom. The summed E-state index contributed by atoms with van der Waals surface area (Å²) in [4.78, 5) is 16.4. The number of aromatic nitrogens is 1. The van der Waals surface area contributed by atoms with Crippen LogP contribution in [0.2, 0.25) is 5.02 Å². The normalized spacial score (nSPS) is 24.3. The summed E-state index contributed by atoms with van der Waals surface area (Å²) in [5, 5.41) is 3.51. The highest BCUT2D eigenvalue weighted by molar-refractivity contribution is 6.30. The number of hydrogen-bond acceptors (Lipinski definition) is 4. The summed E-state index contributed by atoms with van der Waals surface area (Å²) in [6.45, 7) is 0. The summed E-state index contributed by atoms with van der Waals surface area (Å²) >= 11 is 5.85. The third-order valence-corrected chi connectivity index (χ3v) is 4.98. The number of nitrogens with zero attached hydrogens (tertiary/aromatic N) is 1. The summed E-state index contributed by atoms with van der Waals surface area (Å²) in [6, 6.07) is 10.6. The number of anilines is 1. The Labute approximate surface area is 151 Å². The zero-order valence-corrected chi connectivity index (χ0v) is 14.4. The Morgan fingerprint density at radius 2 is 2.00 bits per heavy atom. The van der Waals surface area contributed by atoms with Gasteiger partial charge in [0.2, 0.25) is 5.91 Å². The monoisotopic (exact) mass is 358 g/mol. The molecule has 130 valence electrons. The van der Waals surface area contributed by atoms with Crippen molar-refractivity contribution in [3.05, 3.63) is 47.6 Å². The van der Waals surface area contributed by atoms with Gasteiger partial charge >= 0.3 is 0 Å². The Balaban J connectivity index is 1.31. The lowest BCUT2D eigenvalue weighted by atomic mass is 9.87. The van der Waals surface area contributed by atoms with E-state index < -0.39 is 0 Å². The Bertz CT molecular complexity index is 748. The summed E-state index contributed by atoms with van der Waals surface area (Å²) in [7, 11) is 0. The van der Waals surface area contributed by atoms with Crippen LogP contribution in [-0.2, 0) is 9.53 Å². The van der Waals surface area contributed by atoms with E-state index in [4.69, 9.17) is 21.1 Å². The fourth-order valence-corrected chi connectivity index (χ4v) is 3.67. The lowest BCUT2D eigenvalue weighted by Gasteiger charge is -2.17. The Morgan fingerprint density at radius 3 is 2.64 bits per heavy atom. The van der Waals surface area contributed by atoms with Crippen LogP contribution in [0.4, 0.5) is 5.82 Å². The number of benzene rings is 1. The molecule has 2 fully saturated rings. The first-order valence-electron chi connectivity index (χ1n) is 8.50. The highest BCUT2D eigenvalue weighted by Crippen LogP contribution is 2.40. The van der Waals surface area contributed by atoms with Crippen LogP contribution in [0.3, 0.4) is 0 Å². The second-order valence-corrected chi connectivity index (χ2v) is 6.99. The molecule has 2 aliphatic rings. The van der Waals surface area contributed by atoms with E-state index in [-0.39, 0.29) is 12.0 Å². The topological polar surface area (TPSA) is 60.5 Å². The first-order chi connectivity index (χ1) is 12.2. The summed E-state index contributed by atoms with van der Waals surface area (Å²) < 4.78 is 11.5. The molecule has 3 atom stereocenters. The number of pyridine rings is 1. The van der Waals surface area contributed by atoms with Gasteiger partial charge in [0, 0.05) is 11.4 Å². The lowest BCUT2D eigenvalue weighted by Crippen LogP contribution is -2.23. The molecule has 0 spiro atoms. The van der Waals surface area contributed by atoms with Gasteiger partial charge in [-0.3, -0.25) is 4.79 Å². The van der Waals surface area contributed by atoms with Crippen LogP contribution in [0.1, 0.15) is 25.7 Å². The van der Waals surface area contributed by atoms with Gasteiger partial charge in [0.25, 0.3) is 0 Å². The van der Waals surface area contributed by atoms with Crippen LogP contribution in [0.5, 0.6) is 11.5 Å². The fraction of sp³-hybridized carbons (Fsp3) is 0.368. The molecule has 1 amide bonds. The number of carbonyl (C=O) groups excluding carboxylic acids is 1. The number of amides is 1. The number of fused-ring (bicyclic) bond motifs is 2. The van der Waals surface area contributed by atoms with E-state index in [1.807, 2.05) is 0 Å². The average Bonchev–Trinajstić information content (AvgIpc) is 3.21. The minimum absolute atomic E-state index is 0.0139. The van der Waals surface area contributed by atoms with Crippen LogP contribution in [0, 0.1) is 5.92 Å². The minimum atomic E-state index is -0.0139. The van der Waals surface area contributed by atoms with Crippen LogP contribution < -0.4 is 10.1 Å². The van der Waals surface area contributed by atoms with E-state index in [1.54, 1.807) is 42.6 Å². The maximum absolute atomic E-state index is 12.2. The molecule has 5 nitrogen and oxygen atoms in total. The Hall–Kier alpha value is -2.11. The zero-order chi connectivity index (χ0) is 17.2.